The number of nitrogens with zero attached hydrogens (tertiary/aromatic N) is 1. The Hall–Kier alpha value is -1.80. The number of amidine groups is 1. The van der Waals surface area contributed by atoms with Gasteiger partial charge in [0.25, 0.3) is 5.91 Å². The molecule has 0 unspecified atom stereocenters. The summed E-state index contributed by atoms with van der Waals surface area (Å²) in [6.45, 7) is 0.469. The second-order valence-electron chi connectivity index (χ2n) is 4.82. The van der Waals surface area contributed by atoms with Crippen LogP contribution in [0.5, 0.6) is 5.75 Å². The summed E-state index contributed by atoms with van der Waals surface area (Å²) in [7, 11) is 0. The number of hydrogen-bond donors (Lipinski definition) is 1. The van der Waals surface area contributed by atoms with E-state index >= 15 is 0 Å². The van der Waals surface area contributed by atoms with Gasteiger partial charge in [0.2, 0.25) is 0 Å². The fourth-order valence-electron chi connectivity index (χ4n) is 2.04. The number of rotatable bonds is 4. The average Bonchev–Trinajstić information content (AvgIpc) is 2.86. The zero-order valence-corrected chi connectivity index (χ0v) is 15.0. The molecule has 1 amide bonds. The highest BCUT2D eigenvalue weighted by molar-refractivity contribution is 14.1. The van der Waals surface area contributed by atoms with Gasteiger partial charge < -0.3 is 10.5 Å². The van der Waals surface area contributed by atoms with Crippen LogP contribution in [0.25, 0.3) is 6.08 Å². The Balaban J connectivity index is 1.77. The van der Waals surface area contributed by atoms with Gasteiger partial charge in [-0.05, 0) is 64.2 Å². The molecular weight excluding hydrogens is 423 g/mol. The van der Waals surface area contributed by atoms with Gasteiger partial charge >= 0.3 is 0 Å². The molecule has 0 aliphatic carbocycles. The van der Waals surface area contributed by atoms with Crippen LogP contribution in [0.15, 0.2) is 58.4 Å². The first-order valence-corrected chi connectivity index (χ1v) is 8.75. The van der Waals surface area contributed by atoms with Gasteiger partial charge in [0.05, 0.1) is 4.91 Å². The Bertz CT molecular complexity index is 800. The van der Waals surface area contributed by atoms with Crippen molar-refractivity contribution in [2.75, 3.05) is 0 Å². The number of benzene rings is 2. The van der Waals surface area contributed by atoms with Crippen LogP contribution in [-0.2, 0) is 11.4 Å². The first kappa shape index (κ1) is 16.1. The summed E-state index contributed by atoms with van der Waals surface area (Å²) in [5.41, 5.74) is 7.50. The van der Waals surface area contributed by atoms with Crippen molar-refractivity contribution in [2.45, 2.75) is 6.61 Å². The van der Waals surface area contributed by atoms with Crippen molar-refractivity contribution in [3.63, 3.8) is 0 Å². The molecule has 0 atom stereocenters. The molecule has 6 heteroatoms. The molecule has 3 rings (SSSR count). The van der Waals surface area contributed by atoms with Gasteiger partial charge in [-0.1, -0.05) is 30.3 Å². The van der Waals surface area contributed by atoms with Crippen molar-refractivity contribution >= 4 is 51.5 Å². The quantitative estimate of drug-likeness (QED) is 0.585. The van der Waals surface area contributed by atoms with E-state index in [0.717, 1.165) is 16.9 Å². The molecule has 0 saturated carbocycles. The molecule has 0 fully saturated rings. The summed E-state index contributed by atoms with van der Waals surface area (Å²) < 4.78 is 7.09. The van der Waals surface area contributed by atoms with E-state index in [9.17, 15) is 4.79 Å². The fraction of sp³-hybridized carbons (Fsp3) is 0.0588. The molecule has 4 nitrogen and oxygen atoms in total. The van der Waals surface area contributed by atoms with E-state index < -0.39 is 0 Å². The van der Waals surface area contributed by atoms with Crippen LogP contribution in [-0.4, -0.2) is 11.1 Å². The highest BCUT2D eigenvalue weighted by Gasteiger charge is 2.20. The first-order chi connectivity index (χ1) is 11.1. The Morgan fingerprint density at radius 1 is 1.17 bits per heavy atom. The molecular formula is C17H13IN2O2S. The number of para-hydroxylation sites is 1. The Morgan fingerprint density at radius 2 is 1.91 bits per heavy atom. The number of aliphatic imine (C=N–C) groups is 1. The maximum absolute atomic E-state index is 11.7. The number of thioether (sulfide) groups is 1. The van der Waals surface area contributed by atoms with Crippen molar-refractivity contribution in [2.24, 2.45) is 10.7 Å². The number of carbonyl (C=O) groups is 1. The molecule has 2 aromatic rings. The summed E-state index contributed by atoms with van der Waals surface area (Å²) in [6, 6.07) is 15.7. The fourth-order valence-corrected chi connectivity index (χ4v) is 3.07. The van der Waals surface area contributed by atoms with E-state index in [0.29, 0.717) is 11.5 Å². The molecule has 116 valence electrons. The van der Waals surface area contributed by atoms with Gasteiger partial charge in [-0.25, -0.2) is 0 Å². The van der Waals surface area contributed by atoms with Crippen molar-refractivity contribution in [3.8, 4) is 5.75 Å². The summed E-state index contributed by atoms with van der Waals surface area (Å²) >= 11 is 3.45. The van der Waals surface area contributed by atoms with Gasteiger partial charge in [0, 0.05) is 9.13 Å². The van der Waals surface area contributed by atoms with Gasteiger partial charge in [-0.3, -0.25) is 4.79 Å². The van der Waals surface area contributed by atoms with Crippen molar-refractivity contribution in [1.29, 1.82) is 0 Å². The van der Waals surface area contributed by atoms with Gasteiger partial charge in [-0.15, -0.1) is 0 Å². The highest BCUT2D eigenvalue weighted by atomic mass is 127. The zero-order chi connectivity index (χ0) is 16.2. The predicted octanol–water partition coefficient (Wildman–Crippen LogP) is 3.80. The lowest BCUT2D eigenvalue weighted by Gasteiger charge is -2.09. The van der Waals surface area contributed by atoms with Crippen LogP contribution in [0.2, 0.25) is 0 Å². The number of ether oxygens (including phenoxy) is 1. The van der Waals surface area contributed by atoms with Gasteiger partial charge in [0.15, 0.2) is 5.17 Å². The van der Waals surface area contributed by atoms with E-state index in [2.05, 4.69) is 27.6 Å². The minimum absolute atomic E-state index is 0.276. The second kappa shape index (κ2) is 7.18. The summed E-state index contributed by atoms with van der Waals surface area (Å²) in [5.74, 6) is 0.414. The largest absolute Gasteiger partial charge is 0.488 e. The van der Waals surface area contributed by atoms with E-state index in [1.54, 1.807) is 6.08 Å². The lowest BCUT2D eigenvalue weighted by atomic mass is 10.2. The lowest BCUT2D eigenvalue weighted by Crippen LogP contribution is -2.01. The first-order valence-electron chi connectivity index (χ1n) is 6.86. The number of hydrogen-bond acceptors (Lipinski definition) is 4. The van der Waals surface area contributed by atoms with E-state index in [-0.39, 0.29) is 11.1 Å². The molecule has 0 aromatic heterocycles. The minimum atomic E-state index is -0.306. The number of nitrogens with two attached hydrogens (primary N) is 1. The Morgan fingerprint density at radius 3 is 2.61 bits per heavy atom. The van der Waals surface area contributed by atoms with Crippen LogP contribution < -0.4 is 10.5 Å². The van der Waals surface area contributed by atoms with Gasteiger partial charge in [-0.2, -0.15) is 4.99 Å². The second-order valence-corrected chi connectivity index (χ2v) is 7.13. The monoisotopic (exact) mass is 436 g/mol. The minimum Gasteiger partial charge on any atom is -0.488 e. The van der Waals surface area contributed by atoms with Crippen LogP contribution in [0.1, 0.15) is 11.1 Å². The zero-order valence-electron chi connectivity index (χ0n) is 12.0. The lowest BCUT2D eigenvalue weighted by molar-refractivity contribution is -0.113. The smallest absolute Gasteiger partial charge is 0.286 e. The van der Waals surface area contributed by atoms with Crippen molar-refractivity contribution in [3.05, 3.63) is 68.1 Å². The van der Waals surface area contributed by atoms with Crippen LogP contribution in [0, 0.1) is 3.57 Å². The third-order valence-electron chi connectivity index (χ3n) is 3.15. The van der Waals surface area contributed by atoms with Crippen LogP contribution in [0.3, 0.4) is 0 Å². The number of carbonyl (C=O) groups excluding carboxylic acids is 1. The molecule has 0 saturated heterocycles. The molecule has 0 bridgehead atoms. The Kier molecular flexibility index (Phi) is 5.02. The van der Waals surface area contributed by atoms with Crippen molar-refractivity contribution < 1.29 is 9.53 Å². The van der Waals surface area contributed by atoms with E-state index in [4.69, 9.17) is 10.5 Å². The molecule has 1 aliphatic rings. The molecule has 2 aromatic carbocycles. The molecule has 0 radical (unpaired) electrons. The third-order valence-corrected chi connectivity index (χ3v) is 4.68. The number of amides is 1. The van der Waals surface area contributed by atoms with E-state index in [1.165, 1.54) is 15.3 Å². The normalized spacial score (nSPS) is 15.8. The molecule has 2 N–H and O–H groups in total. The van der Waals surface area contributed by atoms with Crippen molar-refractivity contribution in [1.82, 2.24) is 0 Å². The summed E-state index contributed by atoms with van der Waals surface area (Å²) in [4.78, 5) is 15.9. The third kappa shape index (κ3) is 4.14. The SMILES string of the molecule is NC1=NC(=O)C(=Cc2ccccc2OCc2ccc(I)cc2)S1. The van der Waals surface area contributed by atoms with E-state index in [1.807, 2.05) is 48.5 Å². The summed E-state index contributed by atoms with van der Waals surface area (Å²) in [5, 5.41) is 0.276. The molecule has 23 heavy (non-hydrogen) atoms. The van der Waals surface area contributed by atoms with Crippen LogP contribution in [0.4, 0.5) is 0 Å². The number of halogens is 1. The van der Waals surface area contributed by atoms with Crippen LogP contribution >= 0.6 is 34.4 Å². The Labute approximate surface area is 152 Å². The predicted molar refractivity (Wildman–Crippen MR) is 102 cm³/mol. The average molecular weight is 436 g/mol. The topological polar surface area (TPSA) is 64.7 Å². The highest BCUT2D eigenvalue weighted by Crippen LogP contribution is 2.29. The maximum Gasteiger partial charge on any atom is 0.286 e. The molecule has 0 spiro atoms. The molecule has 1 aliphatic heterocycles. The standard InChI is InChI=1S/C17H13IN2O2S/c18-13-7-5-11(6-8-13)10-22-14-4-2-1-3-12(14)9-15-16(21)20-17(19)23-15/h1-9H,10H2,(H2,19,20,21). The maximum atomic E-state index is 11.7. The summed E-state index contributed by atoms with van der Waals surface area (Å²) in [6.07, 6.45) is 1.76. The van der Waals surface area contributed by atoms with Gasteiger partial charge in [0.1, 0.15) is 12.4 Å². The molecule has 1 heterocycles.